The predicted octanol–water partition coefficient (Wildman–Crippen LogP) is 2.47. The molecule has 1 aliphatic heterocycles. The van der Waals surface area contributed by atoms with E-state index in [1.54, 1.807) is 11.1 Å². The molecule has 0 fully saturated rings. The lowest BCUT2D eigenvalue weighted by molar-refractivity contribution is 0.0576. The van der Waals surface area contributed by atoms with E-state index in [1.165, 1.54) is 0 Å². The lowest BCUT2D eigenvalue weighted by atomic mass is 10.1. The number of hydrogen-bond donors (Lipinski definition) is 0. The zero-order chi connectivity index (χ0) is 13.3. The Labute approximate surface area is 107 Å². The number of ether oxygens (including phenoxy) is 1. The molecule has 1 aliphatic rings. The average Bonchev–Trinajstić information content (AvgIpc) is 2.25. The maximum atomic E-state index is 12.1. The van der Waals surface area contributed by atoms with E-state index in [-0.39, 0.29) is 6.09 Å². The van der Waals surface area contributed by atoms with Crippen LogP contribution in [0.2, 0.25) is 0 Å². The topological polar surface area (TPSA) is 55.3 Å². The molecule has 0 spiro atoms. The van der Waals surface area contributed by atoms with E-state index in [1.807, 2.05) is 27.7 Å². The summed E-state index contributed by atoms with van der Waals surface area (Å²) in [5, 5.41) is 0. The van der Waals surface area contributed by atoms with Gasteiger partial charge in [0, 0.05) is 18.3 Å². The Bertz CT molecular complexity index is 466. The van der Waals surface area contributed by atoms with Gasteiger partial charge in [-0.15, -0.1) is 0 Å². The minimum Gasteiger partial charge on any atom is -0.443 e. The monoisotopic (exact) mass is 249 g/mol. The first kappa shape index (κ1) is 12.8. The summed E-state index contributed by atoms with van der Waals surface area (Å²) in [6.07, 6.45) is 3.29. The number of carbonyl (C=O) groups is 1. The summed E-state index contributed by atoms with van der Waals surface area (Å²) in [4.78, 5) is 22.3. The van der Waals surface area contributed by atoms with Crippen LogP contribution in [0.3, 0.4) is 0 Å². The molecule has 98 valence electrons. The molecule has 5 heteroatoms. The van der Waals surface area contributed by atoms with E-state index in [0.29, 0.717) is 18.2 Å². The first-order chi connectivity index (χ1) is 8.37. The molecule has 0 unspecified atom stereocenters. The fraction of sp³-hybridized carbons (Fsp3) is 0.615. The maximum absolute atomic E-state index is 12.1. The van der Waals surface area contributed by atoms with E-state index in [0.717, 1.165) is 18.4 Å². The van der Waals surface area contributed by atoms with Gasteiger partial charge in [0.15, 0.2) is 0 Å². The fourth-order valence-corrected chi connectivity index (χ4v) is 1.92. The smallest absolute Gasteiger partial charge is 0.416 e. The zero-order valence-corrected chi connectivity index (χ0v) is 11.4. The Morgan fingerprint density at radius 3 is 2.83 bits per heavy atom. The van der Waals surface area contributed by atoms with E-state index < -0.39 is 5.60 Å². The van der Waals surface area contributed by atoms with Crippen LogP contribution in [0.25, 0.3) is 0 Å². The Hall–Kier alpha value is -1.65. The third-order valence-electron chi connectivity index (χ3n) is 2.66. The van der Waals surface area contributed by atoms with E-state index >= 15 is 0 Å². The maximum Gasteiger partial charge on any atom is 0.416 e. The summed E-state index contributed by atoms with van der Waals surface area (Å²) >= 11 is 0. The molecule has 18 heavy (non-hydrogen) atoms. The molecule has 2 heterocycles. The summed E-state index contributed by atoms with van der Waals surface area (Å²) in [7, 11) is 0. The SMILES string of the molecule is Cc1ncc2c(n1)N(C(=O)OC(C)(C)C)CCC2. The highest BCUT2D eigenvalue weighted by molar-refractivity contribution is 5.88. The van der Waals surface area contributed by atoms with Crippen LogP contribution >= 0.6 is 0 Å². The second kappa shape index (κ2) is 4.55. The molecule has 5 nitrogen and oxygen atoms in total. The van der Waals surface area contributed by atoms with Gasteiger partial charge >= 0.3 is 6.09 Å². The third-order valence-corrected chi connectivity index (χ3v) is 2.66. The first-order valence-electron chi connectivity index (χ1n) is 6.20. The lowest BCUT2D eigenvalue weighted by Crippen LogP contribution is -2.40. The van der Waals surface area contributed by atoms with Crippen molar-refractivity contribution in [3.05, 3.63) is 17.6 Å². The number of rotatable bonds is 0. The van der Waals surface area contributed by atoms with Gasteiger partial charge in [-0.1, -0.05) is 0 Å². The molecule has 1 aromatic rings. The molecule has 0 saturated heterocycles. The van der Waals surface area contributed by atoms with E-state index in [9.17, 15) is 4.79 Å². The molecule has 1 aromatic heterocycles. The van der Waals surface area contributed by atoms with Crippen molar-refractivity contribution in [2.75, 3.05) is 11.4 Å². The Morgan fingerprint density at radius 1 is 1.44 bits per heavy atom. The number of aromatic nitrogens is 2. The van der Waals surface area contributed by atoms with Crippen molar-refractivity contribution in [3.63, 3.8) is 0 Å². The Kier molecular flexibility index (Phi) is 3.24. The molecule has 0 radical (unpaired) electrons. The molecule has 0 bridgehead atoms. The molecule has 1 amide bonds. The van der Waals surface area contributed by atoms with Crippen LogP contribution in [0, 0.1) is 6.92 Å². The van der Waals surface area contributed by atoms with E-state index in [4.69, 9.17) is 4.74 Å². The summed E-state index contributed by atoms with van der Waals surface area (Å²) in [6.45, 7) is 8.06. The Balaban J connectivity index is 2.27. The fourth-order valence-electron chi connectivity index (χ4n) is 1.92. The van der Waals surface area contributed by atoms with E-state index in [2.05, 4.69) is 9.97 Å². The first-order valence-corrected chi connectivity index (χ1v) is 6.20. The number of aryl methyl sites for hydroxylation is 2. The number of carbonyl (C=O) groups excluding carboxylic acids is 1. The molecular formula is C13H19N3O2. The van der Waals surface area contributed by atoms with Crippen molar-refractivity contribution in [1.82, 2.24) is 9.97 Å². The van der Waals surface area contributed by atoms with Crippen molar-refractivity contribution < 1.29 is 9.53 Å². The van der Waals surface area contributed by atoms with Gasteiger partial charge in [0.1, 0.15) is 17.2 Å². The van der Waals surface area contributed by atoms with Gasteiger partial charge in [-0.3, -0.25) is 4.90 Å². The molecule has 2 rings (SSSR count). The molecule has 0 aliphatic carbocycles. The van der Waals surface area contributed by atoms with Gasteiger partial charge in [-0.05, 0) is 40.5 Å². The Morgan fingerprint density at radius 2 is 2.17 bits per heavy atom. The molecule has 0 saturated carbocycles. The molecule has 0 aromatic carbocycles. The number of amides is 1. The number of anilines is 1. The van der Waals surface area contributed by atoms with Gasteiger partial charge in [0.05, 0.1) is 0 Å². The van der Waals surface area contributed by atoms with Crippen LogP contribution in [0.15, 0.2) is 6.20 Å². The summed E-state index contributed by atoms with van der Waals surface area (Å²) in [6, 6.07) is 0. The van der Waals surface area contributed by atoms with Crippen LogP contribution in [0.4, 0.5) is 10.6 Å². The van der Waals surface area contributed by atoms with Gasteiger partial charge in [0.25, 0.3) is 0 Å². The van der Waals surface area contributed by atoms with Crippen molar-refractivity contribution in [1.29, 1.82) is 0 Å². The predicted molar refractivity (Wildman–Crippen MR) is 68.7 cm³/mol. The number of nitrogens with zero attached hydrogens (tertiary/aromatic N) is 3. The third kappa shape index (κ3) is 2.78. The van der Waals surface area contributed by atoms with Crippen LogP contribution in [0.5, 0.6) is 0 Å². The molecule has 0 atom stereocenters. The number of hydrogen-bond acceptors (Lipinski definition) is 4. The van der Waals surface area contributed by atoms with Crippen LogP contribution in [-0.4, -0.2) is 28.2 Å². The van der Waals surface area contributed by atoms with Crippen molar-refractivity contribution in [2.45, 2.75) is 46.1 Å². The van der Waals surface area contributed by atoms with Gasteiger partial charge in [0.2, 0.25) is 0 Å². The highest BCUT2D eigenvalue weighted by Gasteiger charge is 2.28. The average molecular weight is 249 g/mol. The summed E-state index contributed by atoms with van der Waals surface area (Å²) in [5.41, 5.74) is 0.522. The van der Waals surface area contributed by atoms with Gasteiger partial charge in [-0.2, -0.15) is 0 Å². The number of fused-ring (bicyclic) bond motifs is 1. The highest BCUT2D eigenvalue weighted by Crippen LogP contribution is 2.25. The molecular weight excluding hydrogens is 230 g/mol. The van der Waals surface area contributed by atoms with Crippen molar-refractivity contribution in [2.24, 2.45) is 0 Å². The standard InChI is InChI=1S/C13H19N3O2/c1-9-14-8-10-6-5-7-16(11(10)15-9)12(17)18-13(2,3)4/h8H,5-7H2,1-4H3. The van der Waals surface area contributed by atoms with Crippen molar-refractivity contribution >= 4 is 11.9 Å². The second-order valence-corrected chi connectivity index (χ2v) is 5.50. The summed E-state index contributed by atoms with van der Waals surface area (Å²) in [5.74, 6) is 1.37. The quantitative estimate of drug-likeness (QED) is 0.708. The normalized spacial score (nSPS) is 15.2. The van der Waals surface area contributed by atoms with Crippen molar-refractivity contribution in [3.8, 4) is 0 Å². The van der Waals surface area contributed by atoms with Crippen LogP contribution < -0.4 is 4.90 Å². The van der Waals surface area contributed by atoms with Crippen LogP contribution in [0.1, 0.15) is 38.6 Å². The lowest BCUT2D eigenvalue weighted by Gasteiger charge is -2.30. The van der Waals surface area contributed by atoms with Gasteiger partial charge in [-0.25, -0.2) is 14.8 Å². The highest BCUT2D eigenvalue weighted by atomic mass is 16.6. The largest absolute Gasteiger partial charge is 0.443 e. The minimum absolute atomic E-state index is 0.332. The minimum atomic E-state index is -0.489. The zero-order valence-electron chi connectivity index (χ0n) is 11.4. The van der Waals surface area contributed by atoms with Gasteiger partial charge < -0.3 is 4.74 Å². The van der Waals surface area contributed by atoms with Crippen LogP contribution in [-0.2, 0) is 11.2 Å². The summed E-state index contributed by atoms with van der Waals surface area (Å²) < 4.78 is 5.40. The molecule has 0 N–H and O–H groups in total. The second-order valence-electron chi connectivity index (χ2n) is 5.50.